The lowest BCUT2D eigenvalue weighted by Gasteiger charge is -2.24. The molecule has 0 saturated carbocycles. The second-order valence-corrected chi connectivity index (χ2v) is 4.58. The third-order valence-corrected chi connectivity index (χ3v) is 2.00. The van der Waals surface area contributed by atoms with E-state index in [4.69, 9.17) is 15.2 Å². The minimum absolute atomic E-state index is 0.0599. The Morgan fingerprint density at radius 3 is 2.13 bits per heavy atom. The van der Waals surface area contributed by atoms with Gasteiger partial charge in [0.2, 0.25) is 0 Å². The molecular formula is C11H26N2O2. The Morgan fingerprint density at radius 1 is 1.07 bits per heavy atom. The molecule has 0 unspecified atom stereocenters. The highest BCUT2D eigenvalue weighted by molar-refractivity contribution is 4.62. The average molecular weight is 218 g/mol. The Balaban J connectivity index is 3.65. The number of nitrogens with two attached hydrogens (primary N) is 1. The van der Waals surface area contributed by atoms with Crippen LogP contribution in [0.3, 0.4) is 0 Å². The van der Waals surface area contributed by atoms with Crippen molar-refractivity contribution in [3.8, 4) is 0 Å². The number of methoxy groups -OCH3 is 1. The summed E-state index contributed by atoms with van der Waals surface area (Å²) in [5, 5.41) is 0. The van der Waals surface area contributed by atoms with E-state index in [2.05, 4.69) is 25.7 Å². The maximum absolute atomic E-state index is 5.66. The summed E-state index contributed by atoms with van der Waals surface area (Å²) in [6.07, 6.45) is 0. The fourth-order valence-electron chi connectivity index (χ4n) is 1.22. The molecule has 4 heteroatoms. The molecule has 0 aliphatic carbocycles. The van der Waals surface area contributed by atoms with Gasteiger partial charge in [-0.25, -0.2) is 0 Å². The summed E-state index contributed by atoms with van der Waals surface area (Å²) in [6, 6.07) is 0. The molecule has 0 heterocycles. The largest absolute Gasteiger partial charge is 0.383 e. The summed E-state index contributed by atoms with van der Waals surface area (Å²) < 4.78 is 10.7. The highest BCUT2D eigenvalue weighted by Gasteiger charge is 2.11. The van der Waals surface area contributed by atoms with Gasteiger partial charge in [0.05, 0.1) is 18.8 Å². The van der Waals surface area contributed by atoms with E-state index in [9.17, 15) is 0 Å². The third-order valence-electron chi connectivity index (χ3n) is 2.00. The quantitative estimate of drug-likeness (QED) is 0.652. The van der Waals surface area contributed by atoms with Crippen molar-refractivity contribution in [1.29, 1.82) is 0 Å². The zero-order valence-electron chi connectivity index (χ0n) is 10.6. The van der Waals surface area contributed by atoms with E-state index in [0.29, 0.717) is 6.54 Å². The Morgan fingerprint density at radius 2 is 1.67 bits per heavy atom. The highest BCUT2D eigenvalue weighted by atomic mass is 16.5. The van der Waals surface area contributed by atoms with Crippen molar-refractivity contribution in [3.63, 3.8) is 0 Å². The minimum Gasteiger partial charge on any atom is -0.383 e. The van der Waals surface area contributed by atoms with Gasteiger partial charge < -0.3 is 15.2 Å². The van der Waals surface area contributed by atoms with Crippen LogP contribution in [0.25, 0.3) is 0 Å². The van der Waals surface area contributed by atoms with Crippen LogP contribution >= 0.6 is 0 Å². The first kappa shape index (κ1) is 14.8. The molecule has 0 aromatic rings. The van der Waals surface area contributed by atoms with Gasteiger partial charge in [-0.05, 0) is 20.8 Å². The van der Waals surface area contributed by atoms with Gasteiger partial charge >= 0.3 is 0 Å². The molecule has 0 radical (unpaired) electrons. The predicted octanol–water partition coefficient (Wildman–Crippen LogP) is 0.709. The van der Waals surface area contributed by atoms with Crippen LogP contribution in [0.4, 0.5) is 0 Å². The van der Waals surface area contributed by atoms with Gasteiger partial charge in [0, 0.05) is 33.3 Å². The van der Waals surface area contributed by atoms with E-state index in [1.54, 1.807) is 7.11 Å². The fourth-order valence-corrected chi connectivity index (χ4v) is 1.22. The zero-order valence-corrected chi connectivity index (χ0v) is 10.6. The predicted molar refractivity (Wildman–Crippen MR) is 63.1 cm³/mol. The summed E-state index contributed by atoms with van der Waals surface area (Å²) in [6.45, 7) is 11.1. The van der Waals surface area contributed by atoms with Crippen LogP contribution < -0.4 is 5.73 Å². The minimum atomic E-state index is -0.0599. The molecule has 0 saturated heterocycles. The van der Waals surface area contributed by atoms with Crippen molar-refractivity contribution < 1.29 is 9.47 Å². The average Bonchev–Trinajstić information content (AvgIpc) is 2.12. The third kappa shape index (κ3) is 10.1. The first-order chi connectivity index (χ1) is 6.99. The lowest BCUT2D eigenvalue weighted by Crippen LogP contribution is -2.36. The van der Waals surface area contributed by atoms with Crippen molar-refractivity contribution in [1.82, 2.24) is 4.90 Å². The maximum Gasteiger partial charge on any atom is 0.0600 e. The van der Waals surface area contributed by atoms with E-state index < -0.39 is 0 Å². The molecule has 0 aromatic carbocycles. The van der Waals surface area contributed by atoms with E-state index >= 15 is 0 Å². The van der Waals surface area contributed by atoms with Gasteiger partial charge in [0.15, 0.2) is 0 Å². The molecular weight excluding hydrogens is 192 g/mol. The van der Waals surface area contributed by atoms with Gasteiger partial charge in [0.1, 0.15) is 0 Å². The lowest BCUT2D eigenvalue weighted by atomic mass is 10.2. The van der Waals surface area contributed by atoms with Gasteiger partial charge in [-0.2, -0.15) is 0 Å². The molecule has 0 amide bonds. The summed E-state index contributed by atoms with van der Waals surface area (Å²) in [5.41, 5.74) is 5.48. The molecule has 0 aliphatic rings. The van der Waals surface area contributed by atoms with E-state index in [0.717, 1.165) is 32.8 Å². The maximum atomic E-state index is 5.66. The normalized spacial score (nSPS) is 12.4. The number of rotatable bonds is 8. The monoisotopic (exact) mass is 218 g/mol. The van der Waals surface area contributed by atoms with Crippen LogP contribution in [-0.2, 0) is 9.47 Å². The van der Waals surface area contributed by atoms with Crippen LogP contribution in [0.5, 0.6) is 0 Å². The van der Waals surface area contributed by atoms with Gasteiger partial charge in [-0.15, -0.1) is 0 Å². The molecule has 0 aromatic heterocycles. The number of hydrogen-bond donors (Lipinski definition) is 1. The van der Waals surface area contributed by atoms with E-state index in [1.807, 2.05) is 0 Å². The lowest BCUT2D eigenvalue weighted by molar-refractivity contribution is -0.0146. The van der Waals surface area contributed by atoms with E-state index in [1.165, 1.54) is 0 Å². The topological polar surface area (TPSA) is 47.7 Å². The van der Waals surface area contributed by atoms with Crippen LogP contribution in [0.15, 0.2) is 0 Å². The molecule has 0 spiro atoms. The Hall–Kier alpha value is -0.160. The first-order valence-corrected chi connectivity index (χ1v) is 5.55. The highest BCUT2D eigenvalue weighted by Crippen LogP contribution is 2.06. The molecule has 0 bridgehead atoms. The molecule has 92 valence electrons. The molecule has 4 nitrogen and oxygen atoms in total. The molecule has 2 N–H and O–H groups in total. The van der Waals surface area contributed by atoms with Crippen molar-refractivity contribution in [2.24, 2.45) is 5.73 Å². The van der Waals surface area contributed by atoms with Gasteiger partial charge in [-0.3, -0.25) is 4.90 Å². The zero-order chi connectivity index (χ0) is 11.7. The molecule has 0 atom stereocenters. The van der Waals surface area contributed by atoms with Crippen LogP contribution in [-0.4, -0.2) is 57.0 Å². The Labute approximate surface area is 93.7 Å². The van der Waals surface area contributed by atoms with Crippen LogP contribution in [0.1, 0.15) is 20.8 Å². The molecule has 0 fully saturated rings. The van der Waals surface area contributed by atoms with E-state index in [-0.39, 0.29) is 5.60 Å². The Kier molecular flexibility index (Phi) is 7.96. The molecule has 0 rings (SSSR count). The smallest absolute Gasteiger partial charge is 0.0600 e. The van der Waals surface area contributed by atoms with Crippen LogP contribution in [0, 0.1) is 0 Å². The second-order valence-electron chi connectivity index (χ2n) is 4.58. The fraction of sp³-hybridized carbons (Fsp3) is 1.00. The number of hydrogen-bond acceptors (Lipinski definition) is 4. The summed E-state index contributed by atoms with van der Waals surface area (Å²) >= 11 is 0. The SMILES string of the molecule is COCCN(CCN)CCOC(C)(C)C. The van der Waals surface area contributed by atoms with Crippen molar-refractivity contribution in [2.45, 2.75) is 26.4 Å². The van der Waals surface area contributed by atoms with Crippen molar-refractivity contribution in [2.75, 3.05) is 46.5 Å². The summed E-state index contributed by atoms with van der Waals surface area (Å²) in [7, 11) is 1.71. The second kappa shape index (κ2) is 8.05. The number of nitrogens with zero attached hydrogens (tertiary/aromatic N) is 1. The van der Waals surface area contributed by atoms with Crippen LogP contribution in [0.2, 0.25) is 0 Å². The van der Waals surface area contributed by atoms with Gasteiger partial charge in [0.25, 0.3) is 0 Å². The summed E-state index contributed by atoms with van der Waals surface area (Å²) in [4.78, 5) is 2.26. The van der Waals surface area contributed by atoms with Crippen molar-refractivity contribution in [3.05, 3.63) is 0 Å². The summed E-state index contributed by atoms with van der Waals surface area (Å²) in [5.74, 6) is 0. The standard InChI is InChI=1S/C11H26N2O2/c1-11(2,3)15-10-8-13(6-5-12)7-9-14-4/h5-10,12H2,1-4H3. The molecule has 15 heavy (non-hydrogen) atoms. The van der Waals surface area contributed by atoms with Gasteiger partial charge in [-0.1, -0.05) is 0 Å². The number of ether oxygens (including phenoxy) is 2. The molecule has 0 aliphatic heterocycles. The Bertz CT molecular complexity index is 146. The first-order valence-electron chi connectivity index (χ1n) is 5.55. The van der Waals surface area contributed by atoms with Crippen molar-refractivity contribution >= 4 is 0 Å².